The molecule has 1 amide bonds. The van der Waals surface area contributed by atoms with Crippen molar-refractivity contribution in [3.8, 4) is 0 Å². The minimum atomic E-state index is -3.91. The fourth-order valence-corrected chi connectivity index (χ4v) is 2.08. The summed E-state index contributed by atoms with van der Waals surface area (Å²) in [5.41, 5.74) is 4.48. The van der Waals surface area contributed by atoms with Gasteiger partial charge in [0.1, 0.15) is 4.90 Å². The number of sulfonamides is 1. The molecular weight excluding hydrogens is 278 g/mol. The Hall–Kier alpha value is -1.44. The van der Waals surface area contributed by atoms with Crippen molar-refractivity contribution in [2.75, 3.05) is 5.32 Å². The third-order valence-electron chi connectivity index (χ3n) is 3.62. The van der Waals surface area contributed by atoms with Crippen LogP contribution in [0.5, 0.6) is 0 Å². The highest BCUT2D eigenvalue weighted by Crippen LogP contribution is 2.30. The quantitative estimate of drug-likeness (QED) is 0.770. The Morgan fingerprint density at radius 3 is 2.10 bits per heavy atom. The van der Waals surface area contributed by atoms with Gasteiger partial charge in [-0.1, -0.05) is 12.1 Å². The van der Waals surface area contributed by atoms with Gasteiger partial charge in [-0.05, 0) is 39.8 Å². The Morgan fingerprint density at radius 2 is 1.65 bits per heavy atom. The molecule has 112 valence electrons. The lowest BCUT2D eigenvalue weighted by atomic mass is 9.74. The molecule has 0 saturated heterocycles. The number of benzene rings is 1. The zero-order valence-electron chi connectivity index (χ0n) is 12.1. The van der Waals surface area contributed by atoms with Crippen molar-refractivity contribution in [2.45, 2.75) is 38.1 Å². The smallest absolute Gasteiger partial charge is 0.240 e. The number of para-hydroxylation sites is 1. The van der Waals surface area contributed by atoms with Crippen molar-refractivity contribution >= 4 is 21.6 Å². The van der Waals surface area contributed by atoms with E-state index in [0.717, 1.165) is 0 Å². The zero-order chi connectivity index (χ0) is 15.8. The standard InChI is InChI=1S/C13H21N3O3S/c1-12(2,13(3,4)14)11(17)16-9-7-5-6-8-10(9)20(15,18)19/h5-8H,14H2,1-4H3,(H,16,17)(H2,15,18,19). The first-order valence-corrected chi connectivity index (χ1v) is 7.64. The van der Waals surface area contributed by atoms with Crippen LogP contribution in [-0.2, 0) is 14.8 Å². The van der Waals surface area contributed by atoms with Crippen LogP contribution in [0.1, 0.15) is 27.7 Å². The highest BCUT2D eigenvalue weighted by Gasteiger charge is 2.40. The first-order chi connectivity index (χ1) is 8.87. The summed E-state index contributed by atoms with van der Waals surface area (Å²) in [6.07, 6.45) is 0. The van der Waals surface area contributed by atoms with Gasteiger partial charge in [0.25, 0.3) is 0 Å². The largest absolute Gasteiger partial charge is 0.325 e. The number of carbonyl (C=O) groups excluding carboxylic acids is 1. The van der Waals surface area contributed by atoms with Gasteiger partial charge in [0.05, 0.1) is 11.1 Å². The van der Waals surface area contributed by atoms with Gasteiger partial charge in [0, 0.05) is 5.54 Å². The third kappa shape index (κ3) is 3.36. The van der Waals surface area contributed by atoms with E-state index in [0.29, 0.717) is 0 Å². The van der Waals surface area contributed by atoms with Crippen LogP contribution in [0.4, 0.5) is 5.69 Å². The molecule has 20 heavy (non-hydrogen) atoms. The number of nitrogens with one attached hydrogen (secondary N) is 1. The van der Waals surface area contributed by atoms with Gasteiger partial charge in [0.2, 0.25) is 15.9 Å². The summed E-state index contributed by atoms with van der Waals surface area (Å²) in [4.78, 5) is 12.2. The Kier molecular flexibility index (Phi) is 4.28. The van der Waals surface area contributed by atoms with Crippen LogP contribution >= 0.6 is 0 Å². The molecule has 0 atom stereocenters. The number of rotatable bonds is 4. The maximum Gasteiger partial charge on any atom is 0.240 e. The maximum atomic E-state index is 12.3. The van der Waals surface area contributed by atoms with E-state index in [1.807, 2.05) is 0 Å². The van der Waals surface area contributed by atoms with Crippen LogP contribution in [0.15, 0.2) is 29.2 Å². The molecule has 7 heteroatoms. The van der Waals surface area contributed by atoms with Gasteiger partial charge in [-0.15, -0.1) is 0 Å². The Morgan fingerprint density at radius 1 is 1.15 bits per heavy atom. The molecule has 6 nitrogen and oxygen atoms in total. The number of hydrogen-bond acceptors (Lipinski definition) is 4. The predicted octanol–water partition coefficient (Wildman–Crippen LogP) is 1.04. The number of anilines is 1. The fourth-order valence-electron chi connectivity index (χ4n) is 1.39. The number of carbonyl (C=O) groups is 1. The van der Waals surface area contributed by atoms with Crippen LogP contribution in [0.2, 0.25) is 0 Å². The highest BCUT2D eigenvalue weighted by atomic mass is 32.2. The average molecular weight is 299 g/mol. The summed E-state index contributed by atoms with van der Waals surface area (Å²) in [6, 6.07) is 5.97. The minimum absolute atomic E-state index is 0.126. The Labute approximate surface area is 119 Å². The summed E-state index contributed by atoms with van der Waals surface area (Å²) in [6.45, 7) is 6.86. The molecule has 0 fully saturated rings. The molecule has 0 saturated carbocycles. The van der Waals surface area contributed by atoms with Crippen LogP contribution in [-0.4, -0.2) is 19.9 Å². The van der Waals surface area contributed by atoms with Crippen molar-refractivity contribution in [1.82, 2.24) is 0 Å². The lowest BCUT2D eigenvalue weighted by Crippen LogP contribution is -2.53. The van der Waals surface area contributed by atoms with E-state index in [2.05, 4.69) is 5.32 Å². The van der Waals surface area contributed by atoms with E-state index in [1.54, 1.807) is 33.8 Å². The lowest BCUT2D eigenvalue weighted by Gasteiger charge is -2.37. The molecule has 1 aromatic rings. The van der Waals surface area contributed by atoms with Crippen molar-refractivity contribution in [3.63, 3.8) is 0 Å². The van der Waals surface area contributed by atoms with Crippen molar-refractivity contribution in [2.24, 2.45) is 16.3 Å². The van der Waals surface area contributed by atoms with Crippen molar-refractivity contribution < 1.29 is 13.2 Å². The SMILES string of the molecule is CC(C)(N)C(C)(C)C(=O)Nc1ccccc1S(N)(=O)=O. The number of amides is 1. The van der Waals surface area contributed by atoms with Crippen LogP contribution in [0, 0.1) is 5.41 Å². The van der Waals surface area contributed by atoms with Crippen LogP contribution in [0.3, 0.4) is 0 Å². The molecule has 1 aromatic carbocycles. The molecule has 5 N–H and O–H groups in total. The second-order valence-corrected chi connectivity index (χ2v) is 7.37. The molecule has 0 aliphatic carbocycles. The van der Waals surface area contributed by atoms with Crippen molar-refractivity contribution in [3.05, 3.63) is 24.3 Å². The fraction of sp³-hybridized carbons (Fsp3) is 0.462. The van der Waals surface area contributed by atoms with E-state index in [1.165, 1.54) is 18.2 Å². The molecular formula is C13H21N3O3S. The molecule has 0 aliphatic heterocycles. The molecule has 0 bridgehead atoms. The molecule has 0 aliphatic rings. The van der Waals surface area contributed by atoms with Crippen molar-refractivity contribution in [1.29, 1.82) is 0 Å². The Bertz CT molecular complexity index is 616. The molecule has 0 unspecified atom stereocenters. The molecule has 0 aromatic heterocycles. The number of nitrogens with two attached hydrogens (primary N) is 2. The third-order valence-corrected chi connectivity index (χ3v) is 4.59. The molecule has 0 heterocycles. The summed E-state index contributed by atoms with van der Waals surface area (Å²) in [5, 5.41) is 7.71. The predicted molar refractivity (Wildman–Crippen MR) is 78.5 cm³/mol. The summed E-state index contributed by atoms with van der Waals surface area (Å²) in [7, 11) is -3.91. The van der Waals surface area contributed by atoms with E-state index in [4.69, 9.17) is 10.9 Å². The molecule has 0 spiro atoms. The molecule has 0 radical (unpaired) electrons. The summed E-state index contributed by atoms with van der Waals surface area (Å²) >= 11 is 0. The second kappa shape index (κ2) is 5.16. The second-order valence-electron chi connectivity index (χ2n) is 5.84. The van der Waals surface area contributed by atoms with E-state index in [9.17, 15) is 13.2 Å². The lowest BCUT2D eigenvalue weighted by molar-refractivity contribution is -0.126. The maximum absolute atomic E-state index is 12.3. The van der Waals surface area contributed by atoms with Gasteiger partial charge < -0.3 is 11.1 Å². The van der Waals surface area contributed by atoms with Gasteiger partial charge in [-0.3, -0.25) is 4.79 Å². The number of hydrogen-bond donors (Lipinski definition) is 3. The van der Waals surface area contributed by atoms with Gasteiger partial charge in [-0.2, -0.15) is 0 Å². The van der Waals surface area contributed by atoms with E-state index >= 15 is 0 Å². The van der Waals surface area contributed by atoms with Gasteiger partial charge >= 0.3 is 0 Å². The average Bonchev–Trinajstić information content (AvgIpc) is 2.26. The van der Waals surface area contributed by atoms with Gasteiger partial charge in [-0.25, -0.2) is 13.6 Å². The van der Waals surface area contributed by atoms with E-state index < -0.39 is 21.0 Å². The minimum Gasteiger partial charge on any atom is -0.325 e. The highest BCUT2D eigenvalue weighted by molar-refractivity contribution is 7.89. The topological polar surface area (TPSA) is 115 Å². The Balaban J connectivity index is 3.17. The van der Waals surface area contributed by atoms with E-state index in [-0.39, 0.29) is 16.5 Å². The summed E-state index contributed by atoms with van der Waals surface area (Å²) < 4.78 is 23.0. The van der Waals surface area contributed by atoms with Crippen LogP contribution in [0.25, 0.3) is 0 Å². The molecule has 1 rings (SSSR count). The zero-order valence-corrected chi connectivity index (χ0v) is 12.9. The first kappa shape index (κ1) is 16.6. The normalized spacial score (nSPS) is 13.1. The summed E-state index contributed by atoms with van der Waals surface area (Å²) in [5.74, 6) is -0.374. The number of primary sulfonamides is 1. The monoisotopic (exact) mass is 299 g/mol. The van der Waals surface area contributed by atoms with Crippen LogP contribution < -0.4 is 16.2 Å². The first-order valence-electron chi connectivity index (χ1n) is 6.09. The van der Waals surface area contributed by atoms with Gasteiger partial charge in [0.15, 0.2) is 0 Å².